The van der Waals surface area contributed by atoms with Crippen LogP contribution in [0.25, 0.3) is 0 Å². The van der Waals surface area contributed by atoms with Gasteiger partial charge >= 0.3 is 0 Å². The van der Waals surface area contributed by atoms with Crippen molar-refractivity contribution in [2.45, 2.75) is 37.6 Å². The topological polar surface area (TPSA) is 44.7 Å². The third kappa shape index (κ3) is 2.74. The van der Waals surface area contributed by atoms with Crippen LogP contribution in [0.2, 0.25) is 0 Å². The number of nitrogens with one attached hydrogen (secondary N) is 1. The van der Waals surface area contributed by atoms with Gasteiger partial charge in [0.05, 0.1) is 0 Å². The second-order valence-corrected chi connectivity index (χ2v) is 7.87. The number of amidine groups is 1. The van der Waals surface area contributed by atoms with Crippen molar-refractivity contribution in [2.75, 3.05) is 19.6 Å². The third-order valence-corrected chi connectivity index (χ3v) is 5.88. The van der Waals surface area contributed by atoms with Crippen molar-refractivity contribution >= 4 is 27.7 Å². The summed E-state index contributed by atoms with van der Waals surface area (Å²) in [5, 5.41) is 3.40. The van der Waals surface area contributed by atoms with Crippen molar-refractivity contribution in [3.05, 3.63) is 34.3 Å². The fourth-order valence-corrected chi connectivity index (χ4v) is 4.33. The van der Waals surface area contributed by atoms with E-state index in [0.29, 0.717) is 5.92 Å². The van der Waals surface area contributed by atoms with Crippen molar-refractivity contribution in [3.8, 4) is 0 Å². The van der Waals surface area contributed by atoms with Gasteiger partial charge in [0.15, 0.2) is 0 Å². The van der Waals surface area contributed by atoms with Gasteiger partial charge < -0.3 is 5.32 Å². The minimum absolute atomic E-state index is 0.236. The van der Waals surface area contributed by atoms with Crippen LogP contribution in [0.5, 0.6) is 0 Å². The molecule has 23 heavy (non-hydrogen) atoms. The van der Waals surface area contributed by atoms with Gasteiger partial charge in [-0.05, 0) is 50.4 Å². The van der Waals surface area contributed by atoms with E-state index in [9.17, 15) is 4.79 Å². The monoisotopic (exact) mass is 375 g/mol. The van der Waals surface area contributed by atoms with E-state index in [-0.39, 0.29) is 5.91 Å². The first kappa shape index (κ1) is 15.3. The SMILES string of the molecule is O=C1N(CC2CCNC2)C(c2ccc(Br)cc2)=NC12CCCC2. The zero-order valence-corrected chi connectivity index (χ0v) is 14.8. The average Bonchev–Trinajstić information content (AvgIpc) is 3.28. The largest absolute Gasteiger partial charge is 0.316 e. The molecule has 1 aromatic carbocycles. The standard InChI is InChI=1S/C18H22BrN3O/c19-15-5-3-14(4-6-15)16-21-18(8-1-2-9-18)17(23)22(16)12-13-7-10-20-11-13/h3-6,13,20H,1-2,7-12H2. The number of carbonyl (C=O) groups is 1. The van der Waals surface area contributed by atoms with Gasteiger partial charge in [-0.15, -0.1) is 0 Å². The van der Waals surface area contributed by atoms with Crippen LogP contribution >= 0.6 is 15.9 Å². The van der Waals surface area contributed by atoms with Crippen molar-refractivity contribution in [1.82, 2.24) is 10.2 Å². The van der Waals surface area contributed by atoms with Gasteiger partial charge in [0, 0.05) is 16.6 Å². The number of aliphatic imine (C=N–C) groups is 1. The molecule has 1 N–H and O–H groups in total. The van der Waals surface area contributed by atoms with Crippen molar-refractivity contribution in [3.63, 3.8) is 0 Å². The maximum Gasteiger partial charge on any atom is 0.256 e. The Labute approximate surface area is 145 Å². The average molecular weight is 376 g/mol. The molecule has 1 aliphatic carbocycles. The number of benzene rings is 1. The molecule has 5 heteroatoms. The van der Waals surface area contributed by atoms with Crippen LogP contribution in [-0.4, -0.2) is 41.8 Å². The van der Waals surface area contributed by atoms with E-state index in [2.05, 4.69) is 33.4 Å². The van der Waals surface area contributed by atoms with Crippen LogP contribution in [0.1, 0.15) is 37.7 Å². The van der Waals surface area contributed by atoms with Crippen molar-refractivity contribution < 1.29 is 4.79 Å². The molecule has 0 bridgehead atoms. The van der Waals surface area contributed by atoms with Gasteiger partial charge in [-0.1, -0.05) is 40.9 Å². The molecule has 1 atom stereocenters. The summed E-state index contributed by atoms with van der Waals surface area (Å²) >= 11 is 3.48. The number of amides is 1. The molecule has 4 nitrogen and oxygen atoms in total. The lowest BCUT2D eigenvalue weighted by Gasteiger charge is -2.25. The van der Waals surface area contributed by atoms with Crippen LogP contribution in [0.4, 0.5) is 0 Å². The van der Waals surface area contributed by atoms with E-state index in [4.69, 9.17) is 4.99 Å². The van der Waals surface area contributed by atoms with Crippen molar-refractivity contribution in [2.24, 2.45) is 10.9 Å². The summed E-state index contributed by atoms with van der Waals surface area (Å²) in [5.41, 5.74) is 0.588. The molecule has 0 aromatic heterocycles. The van der Waals surface area contributed by atoms with E-state index < -0.39 is 5.54 Å². The van der Waals surface area contributed by atoms with Crippen LogP contribution in [-0.2, 0) is 4.79 Å². The lowest BCUT2D eigenvalue weighted by molar-refractivity contribution is -0.131. The number of hydrogen-bond acceptors (Lipinski definition) is 3. The Kier molecular flexibility index (Phi) is 4.01. The zero-order chi connectivity index (χ0) is 15.9. The number of nitrogens with zero attached hydrogens (tertiary/aromatic N) is 2. The molecule has 1 amide bonds. The first-order chi connectivity index (χ1) is 11.2. The van der Waals surface area contributed by atoms with Gasteiger partial charge in [-0.3, -0.25) is 14.7 Å². The lowest BCUT2D eigenvalue weighted by Crippen LogP contribution is -2.43. The molecule has 1 spiro atoms. The molecular weight excluding hydrogens is 354 g/mol. The smallest absolute Gasteiger partial charge is 0.256 e. The summed E-state index contributed by atoms with van der Waals surface area (Å²) in [6, 6.07) is 8.17. The highest BCUT2D eigenvalue weighted by atomic mass is 79.9. The van der Waals surface area contributed by atoms with Crippen LogP contribution in [0.3, 0.4) is 0 Å². The molecule has 1 saturated heterocycles. The maximum atomic E-state index is 13.1. The van der Waals surface area contributed by atoms with E-state index >= 15 is 0 Å². The van der Waals surface area contributed by atoms with E-state index in [1.807, 2.05) is 17.0 Å². The lowest BCUT2D eigenvalue weighted by atomic mass is 9.97. The summed E-state index contributed by atoms with van der Waals surface area (Å²) in [4.78, 5) is 20.1. The molecule has 2 fully saturated rings. The fourth-order valence-electron chi connectivity index (χ4n) is 4.06. The zero-order valence-electron chi connectivity index (χ0n) is 13.2. The number of halogens is 1. The third-order valence-electron chi connectivity index (χ3n) is 5.36. The highest BCUT2D eigenvalue weighted by Crippen LogP contribution is 2.40. The van der Waals surface area contributed by atoms with Crippen LogP contribution in [0, 0.1) is 5.92 Å². The summed E-state index contributed by atoms with van der Waals surface area (Å²) in [7, 11) is 0. The molecule has 4 rings (SSSR count). The molecular formula is C18H22BrN3O. The van der Waals surface area contributed by atoms with Crippen LogP contribution in [0.15, 0.2) is 33.7 Å². The first-order valence-corrected chi connectivity index (χ1v) is 9.36. The van der Waals surface area contributed by atoms with Crippen LogP contribution < -0.4 is 5.32 Å². The Morgan fingerprint density at radius 2 is 2.00 bits per heavy atom. The Bertz CT molecular complexity index is 628. The second-order valence-electron chi connectivity index (χ2n) is 6.96. The molecule has 1 aromatic rings. The summed E-state index contributed by atoms with van der Waals surface area (Å²) in [6.45, 7) is 2.86. The van der Waals surface area contributed by atoms with Gasteiger partial charge in [-0.2, -0.15) is 0 Å². The first-order valence-electron chi connectivity index (χ1n) is 8.56. The Morgan fingerprint density at radius 3 is 2.65 bits per heavy atom. The normalized spacial score (nSPS) is 26.3. The molecule has 0 radical (unpaired) electrons. The summed E-state index contributed by atoms with van der Waals surface area (Å²) in [5.74, 6) is 1.66. The summed E-state index contributed by atoms with van der Waals surface area (Å²) < 4.78 is 1.05. The van der Waals surface area contributed by atoms with Gasteiger partial charge in [0.1, 0.15) is 11.4 Å². The minimum Gasteiger partial charge on any atom is -0.316 e. The Balaban J connectivity index is 1.68. The molecule has 1 unspecified atom stereocenters. The highest BCUT2D eigenvalue weighted by Gasteiger charge is 2.50. The molecule has 2 aliphatic heterocycles. The molecule has 1 saturated carbocycles. The fraction of sp³-hybridized carbons (Fsp3) is 0.556. The summed E-state index contributed by atoms with van der Waals surface area (Å²) in [6.07, 6.45) is 5.18. The van der Waals surface area contributed by atoms with Gasteiger partial charge in [-0.25, -0.2) is 0 Å². The minimum atomic E-state index is -0.464. The number of rotatable bonds is 3. The Hall–Kier alpha value is -1.20. The molecule has 122 valence electrons. The quantitative estimate of drug-likeness (QED) is 0.882. The van der Waals surface area contributed by atoms with E-state index in [1.165, 1.54) is 0 Å². The number of hydrogen-bond donors (Lipinski definition) is 1. The predicted octanol–water partition coefficient (Wildman–Crippen LogP) is 2.96. The maximum absolute atomic E-state index is 13.1. The predicted molar refractivity (Wildman–Crippen MR) is 94.6 cm³/mol. The van der Waals surface area contributed by atoms with Crippen molar-refractivity contribution in [1.29, 1.82) is 0 Å². The molecule has 2 heterocycles. The van der Waals surface area contributed by atoms with Gasteiger partial charge in [0.25, 0.3) is 5.91 Å². The van der Waals surface area contributed by atoms with E-state index in [0.717, 1.165) is 67.6 Å². The van der Waals surface area contributed by atoms with Gasteiger partial charge in [0.2, 0.25) is 0 Å². The second kappa shape index (κ2) is 6.02. The molecule has 3 aliphatic rings. The highest BCUT2D eigenvalue weighted by molar-refractivity contribution is 9.10. The number of carbonyl (C=O) groups excluding carboxylic acids is 1. The Morgan fingerprint density at radius 1 is 1.26 bits per heavy atom. The van der Waals surface area contributed by atoms with E-state index in [1.54, 1.807) is 0 Å².